The molecule has 0 radical (unpaired) electrons. The molecule has 0 spiro atoms. The number of rotatable bonds is 8. The quantitative estimate of drug-likeness (QED) is 0.106. The maximum absolute atomic E-state index is 11.7. The molecule has 0 aliphatic heterocycles. The smallest absolute Gasteiger partial charge is 0.251 e. The lowest BCUT2D eigenvalue weighted by Gasteiger charge is -2.05. The molecule has 0 saturated heterocycles. The highest BCUT2D eigenvalue weighted by Gasteiger charge is 2.14. The molecule has 2 aromatic carbocycles. The minimum absolute atomic E-state index is 0.00833. The molecule has 0 N–H and O–H groups in total. The highest BCUT2D eigenvalue weighted by atomic mass is 17.2. The first-order chi connectivity index (χ1) is 23.0. The highest BCUT2D eigenvalue weighted by molar-refractivity contribution is 5.92. The third-order valence-electron chi connectivity index (χ3n) is 6.21. The summed E-state index contributed by atoms with van der Waals surface area (Å²) in [4.78, 5) is 82.2. The summed E-state index contributed by atoms with van der Waals surface area (Å²) in [7, 11) is 0. The lowest BCUT2D eigenvalue weighted by atomic mass is 10.0. The van der Waals surface area contributed by atoms with Gasteiger partial charge < -0.3 is 0 Å². The Morgan fingerprint density at radius 1 is 0.447 bits per heavy atom. The van der Waals surface area contributed by atoms with Crippen molar-refractivity contribution in [2.24, 2.45) is 0 Å². The van der Waals surface area contributed by atoms with Gasteiger partial charge in [-0.2, -0.15) is 10.5 Å². The monoisotopic (exact) mass is 654 g/mol. The van der Waals surface area contributed by atoms with Gasteiger partial charge in [-0.15, -0.1) is 0 Å². The minimum atomic E-state index is -0.855. The Morgan fingerprint density at radius 2 is 0.660 bits per heavy atom. The normalized spacial score (nSPS) is 12.5. The molecule has 0 bridgehead atoms. The van der Waals surface area contributed by atoms with Crippen LogP contribution in [0.2, 0.25) is 0 Å². The van der Waals surface area contributed by atoms with E-state index in [1.807, 2.05) is 12.1 Å². The van der Waals surface area contributed by atoms with Crippen molar-refractivity contribution >= 4 is 37.8 Å². The van der Waals surface area contributed by atoms with E-state index in [1.165, 1.54) is 132 Å². The summed E-state index contributed by atoms with van der Waals surface area (Å²) in [6, 6.07) is 15.1. The lowest BCUT2D eigenvalue weighted by molar-refractivity contribution is -0.235. The molecule has 47 heavy (non-hydrogen) atoms. The molecule has 0 heterocycles. The van der Waals surface area contributed by atoms with Gasteiger partial charge in [-0.1, -0.05) is 83.5 Å². The number of carbonyl (C=O) groups excluding carboxylic acids is 6. The summed E-state index contributed by atoms with van der Waals surface area (Å²) >= 11 is 0. The number of hydrogen-bond donors (Lipinski definition) is 0. The van der Waals surface area contributed by atoms with Crippen molar-refractivity contribution in [2.75, 3.05) is 0 Å². The van der Waals surface area contributed by atoms with Gasteiger partial charge >= 0.3 is 37.8 Å². The first-order valence-corrected chi connectivity index (χ1v) is 14.8. The molecular formula is C33H38N2O12. The molecular weight excluding hydrogens is 616 g/mol. The Hall–Kier alpha value is -5.76. The molecule has 14 heteroatoms. The minimum Gasteiger partial charge on any atom is -0.251 e. The zero-order valence-electron chi connectivity index (χ0n) is 25.9. The van der Waals surface area contributed by atoms with Gasteiger partial charge in [-0.3, -0.25) is 38.7 Å². The first kappa shape index (κ1) is 41.2. The number of nitrogens with zero attached hydrogens (tertiary/aromatic N) is 2. The van der Waals surface area contributed by atoms with Gasteiger partial charge in [0.05, 0.1) is 34.4 Å². The van der Waals surface area contributed by atoms with Gasteiger partial charge in [0.2, 0.25) is 0 Å². The van der Waals surface area contributed by atoms with Gasteiger partial charge in [0.1, 0.15) is 0 Å². The predicted octanol–water partition coefficient (Wildman–Crippen LogP) is 5.92. The van der Waals surface area contributed by atoms with E-state index < -0.39 is 11.9 Å². The van der Waals surface area contributed by atoms with Crippen LogP contribution >= 0.6 is 0 Å². The van der Waals surface area contributed by atoms with Gasteiger partial charge in [0.25, 0.3) is 0 Å². The van der Waals surface area contributed by atoms with Crippen molar-refractivity contribution in [1.82, 2.24) is 0 Å². The number of nitriles is 2. The largest absolute Gasteiger partial charge is 0.386 e. The Balaban J connectivity index is 0.000000683. The van der Waals surface area contributed by atoms with Gasteiger partial charge in [0.15, 0.2) is 0 Å². The van der Waals surface area contributed by atoms with E-state index in [0.29, 0.717) is 11.1 Å². The maximum Gasteiger partial charge on any atom is 0.386 e. The first-order valence-electron chi connectivity index (χ1n) is 14.8. The van der Waals surface area contributed by atoms with Crippen LogP contribution in [0.5, 0.6) is 0 Å². The van der Waals surface area contributed by atoms with Crippen LogP contribution < -0.4 is 0 Å². The van der Waals surface area contributed by atoms with Crippen molar-refractivity contribution in [3.8, 4) is 12.1 Å². The summed E-state index contributed by atoms with van der Waals surface area (Å²) in [6.45, 7) is 0.0333. The van der Waals surface area contributed by atoms with Crippen molar-refractivity contribution in [3.63, 3.8) is 0 Å². The SMILES string of the molecule is C1CCCCC1.C1CCCCCC1.N#Cc1ccc(C(=O)OOC(=O)c2ccc(C#N)cc2)cc1.O=COOC=O.O=COOC=O. The fraction of sp³-hybridized carbons (Fsp3) is 0.394. The molecule has 0 atom stereocenters. The van der Waals surface area contributed by atoms with Crippen LogP contribution in [0.3, 0.4) is 0 Å². The van der Waals surface area contributed by atoms with Gasteiger partial charge in [-0.05, 0) is 48.5 Å². The van der Waals surface area contributed by atoms with E-state index in [2.05, 4.69) is 29.3 Å². The van der Waals surface area contributed by atoms with Crippen molar-refractivity contribution in [2.45, 2.75) is 83.5 Å². The van der Waals surface area contributed by atoms with Crippen molar-refractivity contribution in [1.29, 1.82) is 10.5 Å². The topological polar surface area (TPSA) is 205 Å². The molecule has 0 aromatic heterocycles. The van der Waals surface area contributed by atoms with Crippen LogP contribution in [0, 0.1) is 22.7 Å². The van der Waals surface area contributed by atoms with Crippen molar-refractivity contribution < 1.29 is 58.1 Å². The summed E-state index contributed by atoms with van der Waals surface area (Å²) in [5, 5.41) is 17.3. The average Bonchev–Trinajstić information content (AvgIpc) is 3.47. The molecule has 14 nitrogen and oxygen atoms in total. The average molecular weight is 655 g/mol. The van der Waals surface area contributed by atoms with Crippen LogP contribution in [0.25, 0.3) is 0 Å². The van der Waals surface area contributed by atoms with Gasteiger partial charge in [-0.25, -0.2) is 19.4 Å². The van der Waals surface area contributed by atoms with E-state index >= 15 is 0 Å². The van der Waals surface area contributed by atoms with E-state index in [-0.39, 0.29) is 37.0 Å². The van der Waals surface area contributed by atoms with Crippen LogP contribution in [-0.2, 0) is 48.5 Å². The Kier molecular flexibility index (Phi) is 26.6. The lowest BCUT2D eigenvalue weighted by Crippen LogP contribution is -2.11. The standard InChI is InChI=1S/C16H8N2O4.C7H14.C6H12.2C2H2O4/c17-9-11-1-5-13(6-2-11)15(19)21-22-16(20)14-7-3-12(10-18)4-8-14;1-2-4-6-7-5-3-1;1-2-4-6-5-3-1;2*3-1-5-6-2-4/h1-8H;1-7H2;1-6H2;2*1-2H. The Bertz CT molecular complexity index is 1120. The molecule has 0 unspecified atom stereocenters. The molecule has 2 fully saturated rings. The summed E-state index contributed by atoms with van der Waals surface area (Å²) in [5.74, 6) is -1.71. The Morgan fingerprint density at radius 3 is 0.830 bits per heavy atom. The van der Waals surface area contributed by atoms with E-state index in [0.717, 1.165) is 0 Å². The number of carbonyl (C=O) groups is 6. The van der Waals surface area contributed by atoms with E-state index in [4.69, 9.17) is 29.7 Å². The van der Waals surface area contributed by atoms with Gasteiger partial charge in [0, 0.05) is 0 Å². The molecule has 4 rings (SSSR count). The number of hydrogen-bond acceptors (Lipinski definition) is 14. The second kappa shape index (κ2) is 30.3. The molecule has 2 aliphatic carbocycles. The van der Waals surface area contributed by atoms with Crippen molar-refractivity contribution in [3.05, 3.63) is 70.8 Å². The Labute approximate surface area is 272 Å². The summed E-state index contributed by atoms with van der Waals surface area (Å²) < 4.78 is 0. The second-order valence-corrected chi connectivity index (χ2v) is 9.49. The predicted molar refractivity (Wildman–Crippen MR) is 162 cm³/mol. The van der Waals surface area contributed by atoms with Crippen LogP contribution in [0.15, 0.2) is 48.5 Å². The molecule has 2 saturated carbocycles. The summed E-state index contributed by atoms with van der Waals surface area (Å²) in [5.41, 5.74) is 1.08. The molecule has 0 amide bonds. The third-order valence-corrected chi connectivity index (χ3v) is 6.21. The fourth-order valence-electron chi connectivity index (χ4n) is 3.92. The molecule has 2 aromatic rings. The molecule has 2 aliphatic rings. The van der Waals surface area contributed by atoms with E-state index in [9.17, 15) is 9.59 Å². The fourth-order valence-corrected chi connectivity index (χ4v) is 3.92. The molecule has 252 valence electrons. The van der Waals surface area contributed by atoms with Crippen LogP contribution in [-0.4, -0.2) is 37.8 Å². The van der Waals surface area contributed by atoms with Crippen LogP contribution in [0.1, 0.15) is 115 Å². The summed E-state index contributed by atoms with van der Waals surface area (Å²) in [6.07, 6.45) is 19.5. The third kappa shape index (κ3) is 23.3. The number of benzene rings is 2. The zero-order valence-corrected chi connectivity index (χ0v) is 25.9. The van der Waals surface area contributed by atoms with E-state index in [1.54, 1.807) is 0 Å². The highest BCUT2D eigenvalue weighted by Crippen LogP contribution is 2.16. The maximum atomic E-state index is 11.7. The van der Waals surface area contributed by atoms with Crippen LogP contribution in [0.4, 0.5) is 0 Å². The second-order valence-electron chi connectivity index (χ2n) is 9.49. The zero-order chi connectivity index (χ0) is 34.8.